The predicted octanol–water partition coefficient (Wildman–Crippen LogP) is 1.79. The summed E-state index contributed by atoms with van der Waals surface area (Å²) in [5, 5.41) is 8.89. The van der Waals surface area contributed by atoms with Gasteiger partial charge in [-0.3, -0.25) is 0 Å². The fourth-order valence-corrected chi connectivity index (χ4v) is 1.60. The second-order valence-electron chi connectivity index (χ2n) is 3.69. The lowest BCUT2D eigenvalue weighted by Gasteiger charge is -2.21. The van der Waals surface area contributed by atoms with Gasteiger partial charge in [-0.05, 0) is 12.8 Å². The predicted molar refractivity (Wildman–Crippen MR) is 50.8 cm³/mol. The van der Waals surface area contributed by atoms with E-state index >= 15 is 0 Å². The average Bonchev–Trinajstić information content (AvgIpc) is 2.46. The maximum atomic E-state index is 10.8. The van der Waals surface area contributed by atoms with Crippen molar-refractivity contribution >= 4 is 5.97 Å². The molecule has 1 aromatic heterocycles. The second-order valence-corrected chi connectivity index (χ2v) is 3.69. The number of oxazole rings is 1. The van der Waals surface area contributed by atoms with Crippen molar-refractivity contribution in [1.82, 2.24) is 4.98 Å². The molecule has 0 radical (unpaired) electrons. The first-order valence-electron chi connectivity index (χ1n) is 4.94. The lowest BCUT2D eigenvalue weighted by atomic mass is 9.85. The number of hydrogen-bond donors (Lipinski definition) is 1. The van der Waals surface area contributed by atoms with Gasteiger partial charge in [-0.2, -0.15) is 0 Å². The lowest BCUT2D eigenvalue weighted by molar-refractivity contribution is 0.0652. The maximum Gasteiger partial charge on any atom is 0.373 e. The molecule has 2 rings (SSSR count). The van der Waals surface area contributed by atoms with Crippen LogP contribution in [0, 0.1) is 0 Å². The molecule has 1 N–H and O–H groups in total. The smallest absolute Gasteiger partial charge is 0.373 e. The average molecular weight is 211 g/mol. The van der Waals surface area contributed by atoms with Gasteiger partial charge in [-0.15, -0.1) is 0 Å². The van der Waals surface area contributed by atoms with E-state index in [1.165, 1.54) is 7.11 Å². The van der Waals surface area contributed by atoms with E-state index in [9.17, 15) is 4.79 Å². The highest BCUT2D eigenvalue weighted by Crippen LogP contribution is 2.36. The van der Waals surface area contributed by atoms with E-state index in [1.54, 1.807) is 0 Å². The molecule has 1 fully saturated rings. The Labute approximate surface area is 87.1 Å². The minimum absolute atomic E-state index is 0.0845. The van der Waals surface area contributed by atoms with Crippen LogP contribution in [0.4, 0.5) is 0 Å². The van der Waals surface area contributed by atoms with Crippen molar-refractivity contribution in [1.29, 1.82) is 0 Å². The van der Waals surface area contributed by atoms with Gasteiger partial charge < -0.3 is 14.3 Å². The summed E-state index contributed by atoms with van der Waals surface area (Å²) in [5.74, 6) is -0.321. The second kappa shape index (κ2) is 4.02. The highest BCUT2D eigenvalue weighted by Gasteiger charge is 2.28. The lowest BCUT2D eigenvalue weighted by Crippen LogP contribution is -2.09. The molecule has 0 unspecified atom stereocenters. The Hall–Kier alpha value is -1.36. The Bertz CT molecular complexity index is 367. The van der Waals surface area contributed by atoms with Crippen molar-refractivity contribution in [2.24, 2.45) is 0 Å². The molecule has 0 bridgehead atoms. The first kappa shape index (κ1) is 10.2. The molecular weight excluding hydrogens is 198 g/mol. The molecule has 1 heterocycles. The number of hydrogen-bond acceptors (Lipinski definition) is 4. The van der Waals surface area contributed by atoms with Crippen LogP contribution in [0.15, 0.2) is 4.42 Å². The monoisotopic (exact) mass is 211 g/mol. The Kier molecular flexibility index (Phi) is 2.73. The summed E-state index contributed by atoms with van der Waals surface area (Å²) < 4.78 is 10.1. The Morgan fingerprint density at radius 1 is 1.67 bits per heavy atom. The number of nitrogens with zero attached hydrogens (tertiary/aromatic N) is 1. The summed E-state index contributed by atoms with van der Waals surface area (Å²) in [5.41, 5.74) is 0.381. The van der Waals surface area contributed by atoms with Gasteiger partial charge in [0.05, 0.1) is 6.61 Å². The molecule has 82 valence electrons. The minimum atomic E-state index is -1.08. The van der Waals surface area contributed by atoms with Gasteiger partial charge in [-0.25, -0.2) is 9.78 Å². The van der Waals surface area contributed by atoms with Crippen LogP contribution in [0.2, 0.25) is 0 Å². The van der Waals surface area contributed by atoms with Crippen LogP contribution < -0.4 is 0 Å². The van der Waals surface area contributed by atoms with Crippen LogP contribution >= 0.6 is 0 Å². The molecule has 15 heavy (non-hydrogen) atoms. The maximum absolute atomic E-state index is 10.8. The molecule has 0 saturated heterocycles. The minimum Gasteiger partial charge on any atom is -0.475 e. The summed E-state index contributed by atoms with van der Waals surface area (Å²) in [6.45, 7) is 0.178. The fraction of sp³-hybridized carbons (Fsp3) is 0.600. The van der Waals surface area contributed by atoms with Crippen molar-refractivity contribution < 1.29 is 19.1 Å². The molecule has 0 aromatic carbocycles. The number of aromatic carboxylic acids is 1. The van der Waals surface area contributed by atoms with Gasteiger partial charge in [0.2, 0.25) is 5.76 Å². The van der Waals surface area contributed by atoms with Gasteiger partial charge in [-0.1, -0.05) is 6.42 Å². The van der Waals surface area contributed by atoms with E-state index in [4.69, 9.17) is 14.3 Å². The van der Waals surface area contributed by atoms with Crippen LogP contribution in [0.25, 0.3) is 0 Å². The van der Waals surface area contributed by atoms with E-state index in [0.29, 0.717) is 17.5 Å². The Morgan fingerprint density at radius 3 is 2.87 bits per heavy atom. The fourth-order valence-electron chi connectivity index (χ4n) is 1.60. The van der Waals surface area contributed by atoms with Crippen molar-refractivity contribution in [3.05, 3.63) is 17.3 Å². The van der Waals surface area contributed by atoms with Crippen LogP contribution in [-0.2, 0) is 11.3 Å². The number of carboxylic acids is 1. The van der Waals surface area contributed by atoms with Gasteiger partial charge in [0.25, 0.3) is 0 Å². The van der Waals surface area contributed by atoms with Gasteiger partial charge >= 0.3 is 5.97 Å². The summed E-state index contributed by atoms with van der Waals surface area (Å²) in [6.07, 6.45) is 3.23. The molecule has 1 aliphatic carbocycles. The first-order chi connectivity index (χ1) is 7.22. The highest BCUT2D eigenvalue weighted by atomic mass is 16.5. The zero-order valence-corrected chi connectivity index (χ0v) is 8.52. The third-order valence-corrected chi connectivity index (χ3v) is 2.64. The van der Waals surface area contributed by atoms with Crippen molar-refractivity contribution in [3.63, 3.8) is 0 Å². The molecule has 0 spiro atoms. The zero-order chi connectivity index (χ0) is 10.8. The van der Waals surface area contributed by atoms with Crippen molar-refractivity contribution in [2.75, 3.05) is 7.11 Å². The molecule has 1 aliphatic rings. The molecule has 5 nitrogen and oxygen atoms in total. The number of rotatable bonds is 4. The van der Waals surface area contributed by atoms with Gasteiger partial charge in [0.1, 0.15) is 5.69 Å². The molecular formula is C10H13NO4. The molecule has 5 heteroatoms. The number of carboxylic acid groups (broad SMARTS) is 1. The Balaban J connectivity index is 2.26. The van der Waals surface area contributed by atoms with Crippen LogP contribution in [0.5, 0.6) is 0 Å². The SMILES string of the molecule is COCc1nc(C2CCC2)oc1C(=O)O. The number of aromatic nitrogens is 1. The first-order valence-corrected chi connectivity index (χ1v) is 4.94. The topological polar surface area (TPSA) is 72.6 Å². The third kappa shape index (κ3) is 1.87. The number of ether oxygens (including phenoxy) is 1. The van der Waals surface area contributed by atoms with Crippen LogP contribution in [-0.4, -0.2) is 23.2 Å². The Morgan fingerprint density at radius 2 is 2.40 bits per heavy atom. The number of methoxy groups -OCH3 is 1. The molecule has 0 aliphatic heterocycles. The molecule has 0 atom stereocenters. The van der Waals surface area contributed by atoms with E-state index in [1.807, 2.05) is 0 Å². The van der Waals surface area contributed by atoms with Crippen molar-refractivity contribution in [2.45, 2.75) is 31.8 Å². The van der Waals surface area contributed by atoms with E-state index in [2.05, 4.69) is 4.98 Å². The molecule has 0 amide bonds. The summed E-state index contributed by atoms with van der Waals surface area (Å²) in [4.78, 5) is 15.0. The molecule has 1 aromatic rings. The van der Waals surface area contributed by atoms with Crippen LogP contribution in [0.3, 0.4) is 0 Å². The highest BCUT2D eigenvalue weighted by molar-refractivity contribution is 5.85. The quantitative estimate of drug-likeness (QED) is 0.821. The van der Waals surface area contributed by atoms with Gasteiger partial charge in [0.15, 0.2) is 5.89 Å². The zero-order valence-electron chi connectivity index (χ0n) is 8.52. The van der Waals surface area contributed by atoms with E-state index in [-0.39, 0.29) is 12.4 Å². The summed E-state index contributed by atoms with van der Waals surface area (Å²) in [7, 11) is 1.50. The summed E-state index contributed by atoms with van der Waals surface area (Å²) >= 11 is 0. The number of carbonyl (C=O) groups is 1. The normalized spacial score (nSPS) is 16.3. The van der Waals surface area contributed by atoms with Crippen molar-refractivity contribution in [3.8, 4) is 0 Å². The summed E-state index contributed by atoms with van der Waals surface area (Å²) in [6, 6.07) is 0. The van der Waals surface area contributed by atoms with Gasteiger partial charge in [0, 0.05) is 13.0 Å². The van der Waals surface area contributed by atoms with E-state index < -0.39 is 5.97 Å². The molecule has 1 saturated carbocycles. The standard InChI is InChI=1S/C10H13NO4/c1-14-5-7-8(10(12)13)15-9(11-7)6-3-2-4-6/h6H,2-5H2,1H3,(H,12,13). The third-order valence-electron chi connectivity index (χ3n) is 2.64. The largest absolute Gasteiger partial charge is 0.475 e. The van der Waals surface area contributed by atoms with E-state index in [0.717, 1.165) is 19.3 Å². The van der Waals surface area contributed by atoms with Crippen LogP contribution in [0.1, 0.15) is 47.3 Å².